The van der Waals surface area contributed by atoms with Crippen LogP contribution in [0.1, 0.15) is 20.8 Å². The van der Waals surface area contributed by atoms with Gasteiger partial charge < -0.3 is 25.1 Å². The van der Waals surface area contributed by atoms with Gasteiger partial charge >= 0.3 is 18.2 Å². The lowest BCUT2D eigenvalue weighted by Gasteiger charge is -2.21. The predicted molar refractivity (Wildman–Crippen MR) is 109 cm³/mol. The number of alkyl carbamates (subject to hydrolysis) is 1. The second kappa shape index (κ2) is 10.2. The van der Waals surface area contributed by atoms with Gasteiger partial charge in [0.2, 0.25) is 11.8 Å². The number of ether oxygens (including phenoxy) is 1. The van der Waals surface area contributed by atoms with Gasteiger partial charge in [0.1, 0.15) is 5.60 Å². The van der Waals surface area contributed by atoms with Crippen LogP contribution in [0.15, 0.2) is 42.5 Å². The van der Waals surface area contributed by atoms with E-state index in [-0.39, 0.29) is 18.8 Å². The van der Waals surface area contributed by atoms with E-state index in [4.69, 9.17) is 9.57 Å². The number of urea groups is 1. The van der Waals surface area contributed by atoms with Gasteiger partial charge in [-0.15, -0.1) is 4.73 Å². The van der Waals surface area contributed by atoms with E-state index in [1.165, 1.54) is 12.1 Å². The second-order valence-electron chi connectivity index (χ2n) is 7.16. The molecule has 5 N–H and O–H groups in total. The normalized spacial score (nSPS) is 10.8. The maximum absolute atomic E-state index is 12.6. The van der Waals surface area contributed by atoms with E-state index in [0.29, 0.717) is 9.63 Å². The summed E-state index contributed by atoms with van der Waals surface area (Å²) in [5, 5.41) is 21.8. The molecule has 2 aromatic rings. The van der Waals surface area contributed by atoms with Crippen LogP contribution < -0.4 is 25.9 Å². The van der Waals surface area contributed by atoms with E-state index in [2.05, 4.69) is 16.2 Å². The number of hydrogen-bond acceptors (Lipinski definition) is 8. The maximum atomic E-state index is 12.6. The van der Waals surface area contributed by atoms with Crippen LogP contribution in [0.5, 0.6) is 11.8 Å². The van der Waals surface area contributed by atoms with E-state index in [0.717, 1.165) is 12.1 Å². The van der Waals surface area contributed by atoms with Gasteiger partial charge in [-0.2, -0.15) is 4.90 Å². The highest BCUT2D eigenvalue weighted by Crippen LogP contribution is 2.20. The average Bonchev–Trinajstić information content (AvgIpc) is 2.99. The predicted octanol–water partition coefficient (Wildman–Crippen LogP) is 1.69. The quantitative estimate of drug-likeness (QED) is 0.339. The van der Waals surface area contributed by atoms with Crippen molar-refractivity contribution < 1.29 is 34.2 Å². The second-order valence-corrected chi connectivity index (χ2v) is 7.16. The molecule has 12 nitrogen and oxygen atoms in total. The number of anilines is 1. The number of aromatic nitrogens is 1. The minimum absolute atomic E-state index is 0.127. The Labute approximate surface area is 178 Å². The van der Waals surface area contributed by atoms with Crippen LogP contribution in [0.4, 0.5) is 20.1 Å². The Morgan fingerprint density at radius 1 is 1.00 bits per heavy atom. The van der Waals surface area contributed by atoms with Gasteiger partial charge in [0, 0.05) is 25.2 Å². The topological polar surface area (TPSA) is 154 Å². The molecule has 168 valence electrons. The van der Waals surface area contributed by atoms with Gasteiger partial charge in [-0.25, -0.2) is 19.8 Å². The largest absolute Gasteiger partial charge is 0.492 e. The molecule has 1 aromatic heterocycles. The zero-order valence-electron chi connectivity index (χ0n) is 17.3. The minimum atomic E-state index is -1.20. The fourth-order valence-corrected chi connectivity index (χ4v) is 2.23. The van der Waals surface area contributed by atoms with E-state index < -0.39 is 35.6 Å². The third kappa shape index (κ3) is 7.12. The van der Waals surface area contributed by atoms with Gasteiger partial charge in [0.15, 0.2) is 0 Å². The summed E-state index contributed by atoms with van der Waals surface area (Å²) in [6.45, 7) is 5.46. The van der Waals surface area contributed by atoms with Crippen molar-refractivity contribution in [3.8, 4) is 11.8 Å². The number of carbonyl (C=O) groups excluding carboxylic acids is 3. The Balaban J connectivity index is 1.95. The maximum Gasteiger partial charge on any atom is 0.447 e. The Morgan fingerprint density at radius 2 is 1.61 bits per heavy atom. The highest BCUT2D eigenvalue weighted by atomic mass is 16.7. The number of amides is 4. The van der Waals surface area contributed by atoms with Gasteiger partial charge in [-0.3, -0.25) is 5.43 Å². The van der Waals surface area contributed by atoms with Crippen molar-refractivity contribution in [2.45, 2.75) is 26.4 Å². The summed E-state index contributed by atoms with van der Waals surface area (Å²) in [4.78, 5) is 42.3. The van der Waals surface area contributed by atoms with Gasteiger partial charge in [0.05, 0.1) is 5.69 Å². The zero-order valence-corrected chi connectivity index (χ0v) is 17.3. The van der Waals surface area contributed by atoms with Crippen molar-refractivity contribution >= 4 is 23.9 Å². The number of aromatic hydroxyl groups is 2. The summed E-state index contributed by atoms with van der Waals surface area (Å²) in [5.74, 6) is -1.07. The fraction of sp³-hybridized carbons (Fsp3) is 0.316. The molecule has 0 spiro atoms. The lowest BCUT2D eigenvalue weighted by molar-refractivity contribution is 0.0528. The first-order valence-corrected chi connectivity index (χ1v) is 9.25. The van der Waals surface area contributed by atoms with Crippen molar-refractivity contribution in [1.82, 2.24) is 20.9 Å². The van der Waals surface area contributed by atoms with Crippen LogP contribution in [-0.2, 0) is 4.74 Å². The molecule has 2 rings (SSSR count). The highest BCUT2D eigenvalue weighted by Gasteiger charge is 2.27. The molecule has 0 bridgehead atoms. The summed E-state index contributed by atoms with van der Waals surface area (Å²) >= 11 is 0. The Morgan fingerprint density at radius 3 is 2.19 bits per heavy atom. The van der Waals surface area contributed by atoms with Gasteiger partial charge in [-0.05, 0) is 32.9 Å². The summed E-state index contributed by atoms with van der Waals surface area (Å²) < 4.78 is 5.55. The van der Waals surface area contributed by atoms with Crippen molar-refractivity contribution in [1.29, 1.82) is 0 Å². The summed E-state index contributed by atoms with van der Waals surface area (Å²) in [6.07, 6.45) is -1.80. The van der Waals surface area contributed by atoms with Crippen molar-refractivity contribution in [3.05, 3.63) is 42.5 Å². The Bertz CT molecular complexity index is 889. The zero-order chi connectivity index (χ0) is 23.0. The summed E-state index contributed by atoms with van der Waals surface area (Å²) in [7, 11) is 0. The molecule has 1 heterocycles. The van der Waals surface area contributed by atoms with Crippen LogP contribution in [0, 0.1) is 0 Å². The molecule has 31 heavy (non-hydrogen) atoms. The molecule has 4 amide bonds. The molecule has 1 aromatic carbocycles. The number of nitrogens with zero attached hydrogens (tertiary/aromatic N) is 2. The first kappa shape index (κ1) is 23.3. The number of hydrogen-bond donors (Lipinski definition) is 5. The monoisotopic (exact) mass is 435 g/mol. The Kier molecular flexibility index (Phi) is 7.69. The lowest BCUT2D eigenvalue weighted by atomic mass is 10.2. The third-order valence-corrected chi connectivity index (χ3v) is 3.48. The molecule has 0 aliphatic carbocycles. The molecule has 0 saturated heterocycles. The number of carbonyl (C=O) groups is 3. The number of para-hydroxylation sites is 1. The average molecular weight is 435 g/mol. The smallest absolute Gasteiger partial charge is 0.447 e. The van der Waals surface area contributed by atoms with Crippen LogP contribution in [0.2, 0.25) is 0 Å². The van der Waals surface area contributed by atoms with Crippen LogP contribution in [-0.4, -0.2) is 51.9 Å². The number of rotatable bonds is 6. The van der Waals surface area contributed by atoms with Gasteiger partial charge in [0.25, 0.3) is 0 Å². The van der Waals surface area contributed by atoms with E-state index >= 15 is 0 Å². The molecule has 0 unspecified atom stereocenters. The van der Waals surface area contributed by atoms with E-state index in [9.17, 15) is 24.6 Å². The van der Waals surface area contributed by atoms with Crippen molar-refractivity contribution in [2.75, 3.05) is 18.0 Å². The standard InChI is InChI=1S/C19H25N5O7/c1-19(2,3)30-17(28)20-11-12-21-22-16(27)23(13-7-5-4-6-8-13)18(29)31-24-14(25)9-10-15(24)26/h4-10,21,25-26H,11-12H2,1-3H3,(H,20,28)(H,22,27). The molecule has 0 aliphatic heterocycles. The van der Waals surface area contributed by atoms with Gasteiger partial charge in [-0.1, -0.05) is 18.2 Å². The van der Waals surface area contributed by atoms with Crippen molar-refractivity contribution in [3.63, 3.8) is 0 Å². The van der Waals surface area contributed by atoms with Crippen LogP contribution >= 0.6 is 0 Å². The van der Waals surface area contributed by atoms with Crippen molar-refractivity contribution in [2.24, 2.45) is 0 Å². The van der Waals surface area contributed by atoms with Crippen LogP contribution in [0.3, 0.4) is 0 Å². The SMILES string of the molecule is CC(C)(C)OC(=O)NCCNNC(=O)N(C(=O)On1c(O)ccc1O)c1ccccc1. The first-order valence-electron chi connectivity index (χ1n) is 9.25. The summed E-state index contributed by atoms with van der Waals surface area (Å²) in [5.41, 5.74) is 4.41. The molecule has 0 saturated carbocycles. The molecular formula is C19H25N5O7. The first-order chi connectivity index (χ1) is 14.6. The Hall–Kier alpha value is -3.93. The molecular weight excluding hydrogens is 410 g/mol. The van der Waals surface area contributed by atoms with Crippen LogP contribution in [0.25, 0.3) is 0 Å². The summed E-state index contributed by atoms with van der Waals surface area (Å²) in [6, 6.07) is 9.18. The third-order valence-electron chi connectivity index (χ3n) is 3.48. The number of benzene rings is 1. The fourth-order valence-electron chi connectivity index (χ4n) is 2.23. The molecule has 0 fully saturated rings. The number of nitrogens with one attached hydrogen (secondary N) is 3. The van der Waals surface area contributed by atoms with E-state index in [1.54, 1.807) is 39.0 Å². The van der Waals surface area contributed by atoms with E-state index in [1.807, 2.05) is 0 Å². The number of hydrazine groups is 1. The highest BCUT2D eigenvalue weighted by molar-refractivity contribution is 6.11. The molecule has 0 aliphatic rings. The number of imide groups is 1. The lowest BCUT2D eigenvalue weighted by Crippen LogP contribution is -2.52. The minimum Gasteiger partial charge on any atom is -0.492 e. The molecule has 0 radical (unpaired) electrons. The molecule has 12 heteroatoms. The molecule has 0 atom stereocenters.